The fraction of sp³-hybridized carbons (Fsp3) is 0.935. The molecule has 0 N–H and O–H groups in total. The first-order valence-corrected chi connectivity index (χ1v) is 14.0. The van der Waals surface area contributed by atoms with E-state index >= 15 is 0 Å². The van der Waals surface area contributed by atoms with Crippen LogP contribution in [0.2, 0.25) is 0 Å². The Labute approximate surface area is 194 Å². The third kappa shape index (κ3) is 2.66. The zero-order valence-corrected chi connectivity index (χ0v) is 22.2. The molecule has 5 rings (SSSR count). The molecule has 0 heteroatoms. The van der Waals surface area contributed by atoms with E-state index in [1.54, 1.807) is 0 Å². The fourth-order valence-corrected chi connectivity index (χ4v) is 11.7. The van der Waals surface area contributed by atoms with Crippen LogP contribution in [0.4, 0.5) is 0 Å². The Balaban J connectivity index is 1.54. The van der Waals surface area contributed by atoms with Gasteiger partial charge in [-0.3, -0.25) is 0 Å². The maximum absolute atomic E-state index is 4.51. The second-order valence-electron chi connectivity index (χ2n) is 15.1. The van der Waals surface area contributed by atoms with Crippen LogP contribution in [0.15, 0.2) is 12.2 Å². The van der Waals surface area contributed by atoms with Gasteiger partial charge in [0.05, 0.1) is 0 Å². The molecule has 31 heavy (non-hydrogen) atoms. The van der Waals surface area contributed by atoms with Crippen molar-refractivity contribution in [2.75, 3.05) is 0 Å². The average molecular weight is 425 g/mol. The van der Waals surface area contributed by atoms with Gasteiger partial charge in [0.2, 0.25) is 0 Å². The Morgan fingerprint density at radius 3 is 2.10 bits per heavy atom. The highest BCUT2D eigenvalue weighted by Gasteiger charge is 2.69. The van der Waals surface area contributed by atoms with Gasteiger partial charge in [-0.25, -0.2) is 0 Å². The van der Waals surface area contributed by atoms with Crippen LogP contribution in [-0.4, -0.2) is 0 Å². The highest BCUT2D eigenvalue weighted by atomic mass is 14.7. The molecule has 0 nitrogen and oxygen atoms in total. The molecule has 5 aliphatic rings. The summed E-state index contributed by atoms with van der Waals surface area (Å²) in [5.41, 5.74) is 4.19. The van der Waals surface area contributed by atoms with Crippen LogP contribution in [0, 0.1) is 62.6 Å². The molecule has 0 spiro atoms. The molecular formula is C31H52. The molecule has 0 heterocycles. The largest absolute Gasteiger partial charge is 0.0998 e. The SMILES string of the molecule is C=C(C)C1CCC2(C)CC[C@]3(C)C(CCC4[C@@]5(C)CCC(C)C(C)(C)C5CC[C@]43C)C12. The lowest BCUT2D eigenvalue weighted by atomic mass is 9.32. The van der Waals surface area contributed by atoms with Crippen LogP contribution in [0.1, 0.15) is 120 Å². The van der Waals surface area contributed by atoms with Gasteiger partial charge in [0.1, 0.15) is 0 Å². The van der Waals surface area contributed by atoms with Gasteiger partial charge in [0, 0.05) is 0 Å². The van der Waals surface area contributed by atoms with E-state index in [1.165, 1.54) is 69.8 Å². The summed E-state index contributed by atoms with van der Waals surface area (Å²) < 4.78 is 0. The van der Waals surface area contributed by atoms with Crippen LogP contribution in [-0.2, 0) is 0 Å². The first-order valence-electron chi connectivity index (χ1n) is 14.0. The molecule has 10 atom stereocenters. The minimum absolute atomic E-state index is 0.508. The van der Waals surface area contributed by atoms with E-state index in [9.17, 15) is 0 Å². The predicted molar refractivity (Wildman–Crippen MR) is 134 cm³/mol. The first kappa shape index (κ1) is 22.5. The van der Waals surface area contributed by atoms with Crippen LogP contribution in [0.25, 0.3) is 0 Å². The number of allylic oxidation sites excluding steroid dienone is 1. The lowest BCUT2D eigenvalue weighted by Gasteiger charge is -2.73. The van der Waals surface area contributed by atoms with Crippen LogP contribution < -0.4 is 0 Å². The minimum Gasteiger partial charge on any atom is -0.0998 e. The summed E-state index contributed by atoms with van der Waals surface area (Å²) in [4.78, 5) is 0. The van der Waals surface area contributed by atoms with Gasteiger partial charge in [-0.15, -0.1) is 0 Å². The summed E-state index contributed by atoms with van der Waals surface area (Å²) in [5.74, 6) is 5.34. The topological polar surface area (TPSA) is 0 Å². The Bertz CT molecular complexity index is 760. The maximum atomic E-state index is 4.51. The van der Waals surface area contributed by atoms with Crippen molar-refractivity contribution < 1.29 is 0 Å². The third-order valence-corrected chi connectivity index (χ3v) is 14.0. The average Bonchev–Trinajstić information content (AvgIpc) is 3.04. The zero-order chi connectivity index (χ0) is 22.6. The minimum atomic E-state index is 0.508. The molecule has 0 saturated heterocycles. The second kappa shape index (κ2) is 6.66. The zero-order valence-electron chi connectivity index (χ0n) is 22.2. The maximum Gasteiger partial charge on any atom is -0.0172 e. The number of hydrogen-bond acceptors (Lipinski definition) is 0. The van der Waals surface area contributed by atoms with E-state index in [0.29, 0.717) is 27.1 Å². The van der Waals surface area contributed by atoms with E-state index in [4.69, 9.17) is 0 Å². The summed E-state index contributed by atoms with van der Waals surface area (Å²) in [5, 5.41) is 0. The van der Waals surface area contributed by atoms with Crippen molar-refractivity contribution in [2.24, 2.45) is 62.6 Å². The molecular weight excluding hydrogens is 372 g/mol. The molecule has 7 unspecified atom stereocenters. The summed E-state index contributed by atoms with van der Waals surface area (Å²) in [6.07, 6.45) is 14.7. The lowest BCUT2D eigenvalue weighted by molar-refractivity contribution is -0.240. The third-order valence-electron chi connectivity index (χ3n) is 14.0. The number of rotatable bonds is 1. The quantitative estimate of drug-likeness (QED) is 0.368. The molecule has 5 saturated carbocycles. The van der Waals surface area contributed by atoms with Crippen molar-refractivity contribution in [1.82, 2.24) is 0 Å². The fourth-order valence-electron chi connectivity index (χ4n) is 11.7. The number of hydrogen-bond donors (Lipinski definition) is 0. The van der Waals surface area contributed by atoms with Gasteiger partial charge in [-0.05, 0) is 134 Å². The van der Waals surface area contributed by atoms with Gasteiger partial charge in [-0.1, -0.05) is 60.6 Å². The normalized spacial score (nSPS) is 57.9. The summed E-state index contributed by atoms with van der Waals surface area (Å²) in [6.45, 7) is 25.6. The monoisotopic (exact) mass is 424 g/mol. The lowest BCUT2D eigenvalue weighted by Crippen LogP contribution is -2.65. The summed E-state index contributed by atoms with van der Waals surface area (Å²) in [6, 6.07) is 0. The van der Waals surface area contributed by atoms with Crippen LogP contribution in [0.3, 0.4) is 0 Å². The molecule has 0 aliphatic heterocycles. The van der Waals surface area contributed by atoms with E-state index < -0.39 is 0 Å². The van der Waals surface area contributed by atoms with Gasteiger partial charge < -0.3 is 0 Å². The molecule has 0 aromatic heterocycles. The van der Waals surface area contributed by atoms with Crippen molar-refractivity contribution >= 4 is 0 Å². The van der Waals surface area contributed by atoms with Crippen molar-refractivity contribution in [2.45, 2.75) is 120 Å². The van der Waals surface area contributed by atoms with Crippen LogP contribution >= 0.6 is 0 Å². The molecule has 0 amide bonds. The molecule has 5 fully saturated rings. The van der Waals surface area contributed by atoms with Crippen molar-refractivity contribution in [1.29, 1.82) is 0 Å². The first-order chi connectivity index (χ1) is 14.3. The second-order valence-corrected chi connectivity index (χ2v) is 15.1. The standard InChI is InChI=1S/C31H52/c1-20(2)22-13-15-28(6)18-19-30(8)23(26(22)28)10-11-25-29(7)16-12-21(3)27(4,5)24(29)14-17-31(25,30)9/h21-26H,1,10-19H2,2-9H3/t21?,22?,23?,24?,25?,26?,28?,29-,30+,31+/m0/s1. The van der Waals surface area contributed by atoms with E-state index in [0.717, 1.165) is 35.5 Å². The highest BCUT2D eigenvalue weighted by Crippen LogP contribution is 2.77. The Morgan fingerprint density at radius 1 is 0.710 bits per heavy atom. The van der Waals surface area contributed by atoms with Crippen molar-refractivity contribution in [3.63, 3.8) is 0 Å². The smallest absolute Gasteiger partial charge is 0.0172 e. The molecule has 0 radical (unpaired) electrons. The van der Waals surface area contributed by atoms with Crippen molar-refractivity contribution in [3.8, 4) is 0 Å². The molecule has 0 bridgehead atoms. The van der Waals surface area contributed by atoms with E-state index in [2.05, 4.69) is 62.0 Å². The summed E-state index contributed by atoms with van der Waals surface area (Å²) in [7, 11) is 0. The molecule has 0 aromatic carbocycles. The molecule has 176 valence electrons. The van der Waals surface area contributed by atoms with Gasteiger partial charge in [0.25, 0.3) is 0 Å². The van der Waals surface area contributed by atoms with E-state index in [1.807, 2.05) is 0 Å². The van der Waals surface area contributed by atoms with Crippen molar-refractivity contribution in [3.05, 3.63) is 12.2 Å². The number of fused-ring (bicyclic) bond motifs is 7. The van der Waals surface area contributed by atoms with E-state index in [-0.39, 0.29) is 0 Å². The van der Waals surface area contributed by atoms with Gasteiger partial charge >= 0.3 is 0 Å². The Hall–Kier alpha value is -0.260. The molecule has 0 aromatic rings. The van der Waals surface area contributed by atoms with Gasteiger partial charge in [-0.2, -0.15) is 0 Å². The van der Waals surface area contributed by atoms with Crippen LogP contribution in [0.5, 0.6) is 0 Å². The Morgan fingerprint density at radius 2 is 1.42 bits per heavy atom. The molecule has 5 aliphatic carbocycles. The summed E-state index contributed by atoms with van der Waals surface area (Å²) >= 11 is 0. The van der Waals surface area contributed by atoms with Gasteiger partial charge in [0.15, 0.2) is 0 Å². The highest BCUT2D eigenvalue weighted by molar-refractivity contribution is 5.20. The Kier molecular flexibility index (Phi) is 4.84. The predicted octanol–water partition coefficient (Wildman–Crippen LogP) is 9.30.